The van der Waals surface area contributed by atoms with Crippen LogP contribution < -0.4 is 10.1 Å². The van der Waals surface area contributed by atoms with E-state index in [4.69, 9.17) is 4.74 Å². The highest BCUT2D eigenvalue weighted by molar-refractivity contribution is 5.61. The number of nitrogens with one attached hydrogen (secondary N) is 1. The third-order valence-corrected chi connectivity index (χ3v) is 3.69. The van der Waals surface area contributed by atoms with Crippen molar-refractivity contribution in [2.75, 3.05) is 11.9 Å². The van der Waals surface area contributed by atoms with Crippen LogP contribution in [0.3, 0.4) is 0 Å². The molecule has 104 valence electrons. The van der Waals surface area contributed by atoms with Gasteiger partial charge in [-0.3, -0.25) is 4.98 Å². The van der Waals surface area contributed by atoms with Crippen molar-refractivity contribution in [3.8, 4) is 5.75 Å². The van der Waals surface area contributed by atoms with Crippen LogP contribution in [0.1, 0.15) is 37.9 Å². The van der Waals surface area contributed by atoms with E-state index in [2.05, 4.69) is 49.3 Å². The molecule has 2 aromatic rings. The van der Waals surface area contributed by atoms with Crippen LogP contribution in [0.25, 0.3) is 0 Å². The minimum Gasteiger partial charge on any atom is -0.489 e. The van der Waals surface area contributed by atoms with Gasteiger partial charge in [-0.15, -0.1) is 0 Å². The first kappa shape index (κ1) is 13.0. The summed E-state index contributed by atoms with van der Waals surface area (Å²) >= 11 is 0. The van der Waals surface area contributed by atoms with Gasteiger partial charge in [0.2, 0.25) is 0 Å². The Morgan fingerprint density at radius 3 is 2.60 bits per heavy atom. The number of anilines is 1. The highest BCUT2D eigenvalue weighted by Crippen LogP contribution is 2.36. The first-order valence-corrected chi connectivity index (χ1v) is 6.98. The fourth-order valence-electron chi connectivity index (χ4n) is 2.41. The second kappa shape index (κ2) is 4.82. The molecule has 3 nitrogen and oxygen atoms in total. The Bertz CT molecular complexity index is 602. The Kier molecular flexibility index (Phi) is 3.13. The van der Waals surface area contributed by atoms with Gasteiger partial charge in [0.25, 0.3) is 0 Å². The fraction of sp³-hybridized carbons (Fsp3) is 0.353. The van der Waals surface area contributed by atoms with Crippen molar-refractivity contribution in [1.82, 2.24) is 4.98 Å². The third kappa shape index (κ3) is 2.48. The van der Waals surface area contributed by atoms with Gasteiger partial charge in [-0.25, -0.2) is 0 Å². The van der Waals surface area contributed by atoms with Crippen LogP contribution in [0.15, 0.2) is 42.7 Å². The number of rotatable bonds is 1. The first-order valence-electron chi connectivity index (χ1n) is 6.98. The molecule has 1 aromatic heterocycles. The van der Waals surface area contributed by atoms with Crippen molar-refractivity contribution in [2.24, 2.45) is 0 Å². The summed E-state index contributed by atoms with van der Waals surface area (Å²) in [7, 11) is 0. The molecule has 0 saturated carbocycles. The third-order valence-electron chi connectivity index (χ3n) is 3.69. The normalized spacial score (nSPS) is 17.9. The van der Waals surface area contributed by atoms with E-state index >= 15 is 0 Å². The van der Waals surface area contributed by atoms with Crippen molar-refractivity contribution < 1.29 is 4.74 Å². The lowest BCUT2D eigenvalue weighted by atomic mass is 9.86. The summed E-state index contributed by atoms with van der Waals surface area (Å²) in [5, 5.41) is 3.57. The number of nitrogens with zero attached hydrogens (tertiary/aromatic N) is 1. The van der Waals surface area contributed by atoms with Crippen molar-refractivity contribution in [1.29, 1.82) is 0 Å². The number of aromatic nitrogens is 1. The first-order chi connectivity index (χ1) is 9.54. The van der Waals surface area contributed by atoms with Crippen molar-refractivity contribution >= 4 is 5.69 Å². The summed E-state index contributed by atoms with van der Waals surface area (Å²) in [4.78, 5) is 4.06. The summed E-state index contributed by atoms with van der Waals surface area (Å²) in [5.74, 6) is 0.934. The molecule has 1 N–H and O–H groups in total. The molecule has 3 rings (SSSR count). The van der Waals surface area contributed by atoms with Crippen LogP contribution >= 0.6 is 0 Å². The average molecular weight is 268 g/mol. The maximum Gasteiger partial charge on any atom is 0.142 e. The standard InChI is InChI=1S/C17H20N2O/c1-17(2,3)13-4-5-16-14(10-13)19-15(11-20-16)12-6-8-18-9-7-12/h4-10,15,19H,11H2,1-3H3. The van der Waals surface area contributed by atoms with E-state index in [1.54, 1.807) is 0 Å². The van der Waals surface area contributed by atoms with E-state index in [9.17, 15) is 0 Å². The highest BCUT2D eigenvalue weighted by atomic mass is 16.5. The molecule has 0 fully saturated rings. The predicted molar refractivity (Wildman–Crippen MR) is 81.2 cm³/mol. The molecule has 0 bridgehead atoms. The molecule has 0 aliphatic carbocycles. The zero-order valence-electron chi connectivity index (χ0n) is 12.2. The van der Waals surface area contributed by atoms with E-state index in [-0.39, 0.29) is 11.5 Å². The van der Waals surface area contributed by atoms with Crippen LogP contribution in [0.4, 0.5) is 5.69 Å². The molecule has 1 atom stereocenters. The molecule has 0 spiro atoms. The second-order valence-corrected chi connectivity index (χ2v) is 6.25. The molecule has 1 aliphatic heterocycles. The topological polar surface area (TPSA) is 34.2 Å². The minimum absolute atomic E-state index is 0.139. The van der Waals surface area contributed by atoms with E-state index in [0.29, 0.717) is 6.61 Å². The van der Waals surface area contributed by atoms with Gasteiger partial charge in [0.05, 0.1) is 11.7 Å². The lowest BCUT2D eigenvalue weighted by molar-refractivity contribution is 0.286. The molecule has 1 unspecified atom stereocenters. The monoisotopic (exact) mass is 268 g/mol. The molecule has 1 aliphatic rings. The summed E-state index contributed by atoms with van der Waals surface area (Å²) in [5.41, 5.74) is 3.72. The highest BCUT2D eigenvalue weighted by Gasteiger charge is 2.22. The Morgan fingerprint density at radius 1 is 1.15 bits per heavy atom. The lowest BCUT2D eigenvalue weighted by Gasteiger charge is -2.29. The number of benzene rings is 1. The molecule has 3 heteroatoms. The molecular formula is C17H20N2O. The Balaban J connectivity index is 1.90. The fourth-order valence-corrected chi connectivity index (χ4v) is 2.41. The SMILES string of the molecule is CC(C)(C)c1ccc2c(c1)NC(c1ccncc1)CO2. The maximum absolute atomic E-state index is 5.88. The Morgan fingerprint density at radius 2 is 1.90 bits per heavy atom. The quantitative estimate of drug-likeness (QED) is 0.851. The summed E-state index contributed by atoms with van der Waals surface area (Å²) in [6.45, 7) is 7.31. The zero-order chi connectivity index (χ0) is 14.2. The number of hydrogen-bond donors (Lipinski definition) is 1. The van der Waals surface area contributed by atoms with Crippen molar-refractivity contribution in [2.45, 2.75) is 32.2 Å². The summed E-state index contributed by atoms with van der Waals surface area (Å²) in [6, 6.07) is 10.6. The largest absolute Gasteiger partial charge is 0.489 e. The molecule has 2 heterocycles. The molecule has 0 radical (unpaired) electrons. The van der Waals surface area contributed by atoms with Gasteiger partial charge < -0.3 is 10.1 Å². The zero-order valence-corrected chi connectivity index (χ0v) is 12.2. The van der Waals surface area contributed by atoms with Gasteiger partial charge >= 0.3 is 0 Å². The summed E-state index contributed by atoms with van der Waals surface area (Å²) < 4.78 is 5.88. The van der Waals surface area contributed by atoms with Gasteiger partial charge in [-0.2, -0.15) is 0 Å². The maximum atomic E-state index is 5.88. The van der Waals surface area contributed by atoms with Crippen LogP contribution in [0.5, 0.6) is 5.75 Å². The average Bonchev–Trinajstić information content (AvgIpc) is 2.46. The number of pyridine rings is 1. The molecular weight excluding hydrogens is 248 g/mol. The lowest BCUT2D eigenvalue weighted by Crippen LogP contribution is -2.24. The van der Waals surface area contributed by atoms with E-state index in [1.165, 1.54) is 11.1 Å². The molecule has 20 heavy (non-hydrogen) atoms. The van der Waals surface area contributed by atoms with E-state index in [0.717, 1.165) is 11.4 Å². The van der Waals surface area contributed by atoms with Gasteiger partial charge in [0, 0.05) is 12.4 Å². The Hall–Kier alpha value is -2.03. The molecule has 0 saturated heterocycles. The van der Waals surface area contributed by atoms with Gasteiger partial charge in [0.15, 0.2) is 0 Å². The second-order valence-electron chi connectivity index (χ2n) is 6.25. The number of fused-ring (bicyclic) bond motifs is 1. The summed E-state index contributed by atoms with van der Waals surface area (Å²) in [6.07, 6.45) is 3.64. The van der Waals surface area contributed by atoms with Crippen molar-refractivity contribution in [3.63, 3.8) is 0 Å². The minimum atomic E-state index is 0.139. The van der Waals surface area contributed by atoms with Crippen molar-refractivity contribution in [3.05, 3.63) is 53.9 Å². The predicted octanol–water partition coefficient (Wildman–Crippen LogP) is 3.92. The van der Waals surface area contributed by atoms with Gasteiger partial charge in [-0.1, -0.05) is 26.8 Å². The van der Waals surface area contributed by atoms with E-state index in [1.807, 2.05) is 24.5 Å². The van der Waals surface area contributed by atoms with Gasteiger partial charge in [-0.05, 0) is 40.8 Å². The van der Waals surface area contributed by atoms with Crippen LogP contribution in [0, 0.1) is 0 Å². The van der Waals surface area contributed by atoms with Crippen LogP contribution in [0.2, 0.25) is 0 Å². The Labute approximate surface area is 120 Å². The van der Waals surface area contributed by atoms with Crippen LogP contribution in [-0.2, 0) is 5.41 Å². The van der Waals surface area contributed by atoms with E-state index < -0.39 is 0 Å². The number of hydrogen-bond acceptors (Lipinski definition) is 3. The molecule has 0 amide bonds. The van der Waals surface area contributed by atoms with Gasteiger partial charge in [0.1, 0.15) is 12.4 Å². The molecule has 1 aromatic carbocycles. The number of ether oxygens (including phenoxy) is 1. The smallest absolute Gasteiger partial charge is 0.142 e. The van der Waals surface area contributed by atoms with Crippen LogP contribution in [-0.4, -0.2) is 11.6 Å².